The van der Waals surface area contributed by atoms with Crippen molar-refractivity contribution in [2.24, 2.45) is 5.92 Å². The van der Waals surface area contributed by atoms with Crippen molar-refractivity contribution in [2.45, 2.75) is 71.1 Å². The van der Waals surface area contributed by atoms with E-state index >= 15 is 0 Å². The molecule has 1 heterocycles. The Morgan fingerprint density at radius 3 is 2.37 bits per heavy atom. The second-order valence-electron chi connectivity index (χ2n) is 6.18. The third-order valence-electron chi connectivity index (χ3n) is 3.85. The predicted molar refractivity (Wildman–Crippen MR) is 80.6 cm³/mol. The molecule has 0 amide bonds. The fourth-order valence-electron chi connectivity index (χ4n) is 2.90. The summed E-state index contributed by atoms with van der Waals surface area (Å²) in [6, 6.07) is 1.92. The van der Waals surface area contributed by atoms with Gasteiger partial charge in [0.2, 0.25) is 0 Å². The topological polar surface area (TPSA) is 25.8 Å². The maximum atomic E-state index is 6.17. The first-order valence-corrected chi connectivity index (χ1v) is 8.06. The van der Waals surface area contributed by atoms with Crippen molar-refractivity contribution < 1.29 is 0 Å². The molecular weight excluding hydrogens is 256 g/mol. The molecule has 19 heavy (non-hydrogen) atoms. The fraction of sp³-hybridized carbons (Fsp3) is 0.750. The molecule has 0 unspecified atom stereocenters. The van der Waals surface area contributed by atoms with Crippen LogP contribution in [0.1, 0.15) is 76.2 Å². The van der Waals surface area contributed by atoms with Crippen molar-refractivity contribution in [3.05, 3.63) is 22.7 Å². The van der Waals surface area contributed by atoms with Gasteiger partial charge in [-0.15, -0.1) is 0 Å². The molecule has 1 aliphatic carbocycles. The number of halogens is 1. The molecule has 2 nitrogen and oxygen atoms in total. The average molecular weight is 281 g/mol. The van der Waals surface area contributed by atoms with E-state index in [1.807, 2.05) is 6.07 Å². The molecule has 3 heteroatoms. The van der Waals surface area contributed by atoms with Gasteiger partial charge in [0.1, 0.15) is 11.0 Å². The van der Waals surface area contributed by atoms with Gasteiger partial charge in [-0.25, -0.2) is 9.97 Å². The first-order valence-electron chi connectivity index (χ1n) is 7.68. The van der Waals surface area contributed by atoms with Crippen LogP contribution in [0.3, 0.4) is 0 Å². The molecule has 0 bridgehead atoms. The second-order valence-corrected chi connectivity index (χ2v) is 6.57. The zero-order chi connectivity index (χ0) is 13.7. The van der Waals surface area contributed by atoms with E-state index < -0.39 is 0 Å². The number of nitrogens with zero attached hydrogens (tertiary/aromatic N) is 2. The third-order valence-corrected chi connectivity index (χ3v) is 4.05. The number of hydrogen-bond acceptors (Lipinski definition) is 2. The average Bonchev–Trinajstić information content (AvgIpc) is 2.26. The highest BCUT2D eigenvalue weighted by molar-refractivity contribution is 6.29. The summed E-state index contributed by atoms with van der Waals surface area (Å²) < 4.78 is 0. The summed E-state index contributed by atoms with van der Waals surface area (Å²) >= 11 is 6.17. The molecule has 0 saturated heterocycles. The molecule has 0 aromatic carbocycles. The summed E-state index contributed by atoms with van der Waals surface area (Å²) in [5.74, 6) is 2.12. The second kappa shape index (κ2) is 7.23. The molecular formula is C16H25ClN2. The van der Waals surface area contributed by atoms with Gasteiger partial charge in [0.25, 0.3) is 0 Å². The van der Waals surface area contributed by atoms with Crippen LogP contribution in [-0.2, 0) is 6.42 Å². The minimum absolute atomic E-state index is 0.518. The molecule has 0 atom stereocenters. The normalized spacial score (nSPS) is 18.3. The van der Waals surface area contributed by atoms with Crippen molar-refractivity contribution in [3.63, 3.8) is 0 Å². The molecule has 0 aliphatic heterocycles. The molecule has 1 aliphatic rings. The Bertz CT molecular complexity index is 396. The van der Waals surface area contributed by atoms with E-state index in [1.165, 1.54) is 44.9 Å². The van der Waals surface area contributed by atoms with Crippen LogP contribution < -0.4 is 0 Å². The minimum Gasteiger partial charge on any atom is -0.238 e. The third kappa shape index (κ3) is 4.76. The van der Waals surface area contributed by atoms with E-state index in [9.17, 15) is 0 Å². The largest absolute Gasteiger partial charge is 0.238 e. The molecule has 1 fully saturated rings. The van der Waals surface area contributed by atoms with Gasteiger partial charge in [-0.3, -0.25) is 0 Å². The van der Waals surface area contributed by atoms with Gasteiger partial charge in [-0.1, -0.05) is 57.6 Å². The monoisotopic (exact) mass is 280 g/mol. The Kier molecular flexibility index (Phi) is 5.62. The Morgan fingerprint density at radius 2 is 1.74 bits per heavy atom. The maximum Gasteiger partial charge on any atom is 0.133 e. The van der Waals surface area contributed by atoms with Crippen LogP contribution in [0.4, 0.5) is 0 Å². The van der Waals surface area contributed by atoms with Crippen LogP contribution in [0.2, 0.25) is 5.15 Å². The Morgan fingerprint density at radius 1 is 1.11 bits per heavy atom. The van der Waals surface area contributed by atoms with E-state index in [2.05, 4.69) is 18.8 Å². The lowest BCUT2D eigenvalue weighted by Crippen LogP contribution is -2.10. The minimum atomic E-state index is 0.518. The van der Waals surface area contributed by atoms with Gasteiger partial charge >= 0.3 is 0 Å². The Hall–Kier alpha value is -0.630. The van der Waals surface area contributed by atoms with E-state index in [4.69, 9.17) is 16.6 Å². The molecule has 0 N–H and O–H groups in total. The maximum absolute atomic E-state index is 6.17. The van der Waals surface area contributed by atoms with Gasteiger partial charge in [-0.05, 0) is 31.2 Å². The van der Waals surface area contributed by atoms with Crippen LogP contribution in [0.5, 0.6) is 0 Å². The summed E-state index contributed by atoms with van der Waals surface area (Å²) in [6.45, 7) is 4.43. The molecule has 106 valence electrons. The van der Waals surface area contributed by atoms with Crippen LogP contribution in [0.15, 0.2) is 6.07 Å². The molecule has 0 radical (unpaired) electrons. The van der Waals surface area contributed by atoms with Gasteiger partial charge in [-0.2, -0.15) is 0 Å². The van der Waals surface area contributed by atoms with Crippen LogP contribution in [0, 0.1) is 5.92 Å². The highest BCUT2D eigenvalue weighted by Crippen LogP contribution is 2.29. The molecule has 2 rings (SSSR count). The van der Waals surface area contributed by atoms with E-state index in [0.29, 0.717) is 17.0 Å². The van der Waals surface area contributed by atoms with Crippen LogP contribution in [0.25, 0.3) is 0 Å². The van der Waals surface area contributed by atoms with Crippen molar-refractivity contribution in [2.75, 3.05) is 0 Å². The lowest BCUT2D eigenvalue weighted by Gasteiger charge is -2.19. The molecule has 0 spiro atoms. The van der Waals surface area contributed by atoms with Gasteiger partial charge < -0.3 is 0 Å². The lowest BCUT2D eigenvalue weighted by atomic mass is 9.90. The van der Waals surface area contributed by atoms with E-state index in [-0.39, 0.29) is 0 Å². The van der Waals surface area contributed by atoms with Crippen molar-refractivity contribution in [3.8, 4) is 0 Å². The summed E-state index contributed by atoms with van der Waals surface area (Å²) in [4.78, 5) is 9.27. The van der Waals surface area contributed by atoms with Crippen molar-refractivity contribution in [1.29, 1.82) is 0 Å². The predicted octanol–water partition coefficient (Wildman–Crippen LogP) is 5.16. The van der Waals surface area contributed by atoms with Crippen LogP contribution in [-0.4, -0.2) is 9.97 Å². The van der Waals surface area contributed by atoms with Gasteiger partial charge in [0.05, 0.1) is 0 Å². The lowest BCUT2D eigenvalue weighted by molar-refractivity contribution is 0.440. The molecule has 1 aromatic heterocycles. The summed E-state index contributed by atoms with van der Waals surface area (Å²) in [7, 11) is 0. The highest BCUT2D eigenvalue weighted by atomic mass is 35.5. The summed E-state index contributed by atoms with van der Waals surface area (Å²) in [5.41, 5.74) is 1.10. The first kappa shape index (κ1) is 14.8. The Balaban J connectivity index is 2.14. The quantitative estimate of drug-likeness (QED) is 0.715. The van der Waals surface area contributed by atoms with Gasteiger partial charge in [0.15, 0.2) is 0 Å². The zero-order valence-electron chi connectivity index (χ0n) is 12.2. The fourth-order valence-corrected chi connectivity index (χ4v) is 3.12. The molecule has 1 saturated carbocycles. The van der Waals surface area contributed by atoms with Crippen LogP contribution >= 0.6 is 11.6 Å². The SMILES string of the molecule is CC(C)Cc1cc(Cl)nc(C2CCCCCCC2)n1. The number of hydrogen-bond donors (Lipinski definition) is 0. The standard InChI is InChI=1S/C16H25ClN2/c1-12(2)10-14-11-15(17)19-16(18-14)13-8-6-4-3-5-7-9-13/h11-13H,3-10H2,1-2H3. The summed E-state index contributed by atoms with van der Waals surface area (Å²) in [6.07, 6.45) is 10.2. The van der Waals surface area contributed by atoms with Gasteiger partial charge in [0, 0.05) is 11.6 Å². The highest BCUT2D eigenvalue weighted by Gasteiger charge is 2.17. The first-order chi connectivity index (χ1) is 9.15. The smallest absolute Gasteiger partial charge is 0.133 e. The Labute approximate surface area is 122 Å². The zero-order valence-corrected chi connectivity index (χ0v) is 12.9. The van der Waals surface area contributed by atoms with E-state index in [0.717, 1.165) is 17.9 Å². The van der Waals surface area contributed by atoms with Crippen molar-refractivity contribution in [1.82, 2.24) is 9.97 Å². The number of aromatic nitrogens is 2. The summed E-state index contributed by atoms with van der Waals surface area (Å²) in [5, 5.41) is 0.614. The molecule has 1 aromatic rings. The van der Waals surface area contributed by atoms with Crippen molar-refractivity contribution >= 4 is 11.6 Å². The number of rotatable bonds is 3. The van der Waals surface area contributed by atoms with E-state index in [1.54, 1.807) is 0 Å².